The fourth-order valence-corrected chi connectivity index (χ4v) is 2.51. The molecule has 0 bridgehead atoms. The summed E-state index contributed by atoms with van der Waals surface area (Å²) in [6, 6.07) is 2.63. The Labute approximate surface area is 129 Å². The molecule has 0 aliphatic heterocycles. The molecule has 0 aliphatic rings. The van der Waals surface area contributed by atoms with Crippen molar-refractivity contribution < 1.29 is 18.4 Å². The van der Waals surface area contributed by atoms with Gasteiger partial charge >= 0.3 is 11.8 Å². The smallest absolute Gasteiger partial charge is 0.313 e. The van der Waals surface area contributed by atoms with Crippen molar-refractivity contribution in [3.63, 3.8) is 0 Å². The van der Waals surface area contributed by atoms with Crippen LogP contribution < -0.4 is 10.6 Å². The van der Waals surface area contributed by atoms with Gasteiger partial charge in [-0.25, -0.2) is 8.78 Å². The fraction of sp³-hybridized carbons (Fsp3) is 0.500. The third-order valence-corrected chi connectivity index (χ3v) is 2.81. The molecule has 0 heterocycles. The molecule has 6 heteroatoms. The van der Waals surface area contributed by atoms with Crippen LogP contribution >= 0.6 is 0 Å². The van der Waals surface area contributed by atoms with Gasteiger partial charge in [0.2, 0.25) is 0 Å². The summed E-state index contributed by atoms with van der Waals surface area (Å²) < 4.78 is 26.5. The Morgan fingerprint density at radius 2 is 1.64 bits per heavy atom. The average Bonchev–Trinajstić information content (AvgIpc) is 2.29. The molecule has 0 saturated carbocycles. The first-order valence-electron chi connectivity index (χ1n) is 6.98. The van der Waals surface area contributed by atoms with Crippen molar-refractivity contribution in [3.05, 3.63) is 29.8 Å². The normalized spacial score (nSPS) is 12.0. The Balaban J connectivity index is 2.73. The lowest BCUT2D eigenvalue weighted by Gasteiger charge is -2.33. The minimum Gasteiger partial charge on any atom is -0.343 e. The summed E-state index contributed by atoms with van der Waals surface area (Å²) in [5.41, 5.74) is -1.01. The molecule has 0 unspecified atom stereocenters. The zero-order valence-corrected chi connectivity index (χ0v) is 13.5. The average molecular weight is 312 g/mol. The van der Waals surface area contributed by atoms with Crippen LogP contribution in [0.5, 0.6) is 0 Å². The number of anilines is 1. The zero-order valence-electron chi connectivity index (χ0n) is 13.5. The van der Waals surface area contributed by atoms with E-state index in [0.29, 0.717) is 6.42 Å². The molecule has 1 rings (SSSR count). The molecule has 0 fully saturated rings. The zero-order chi connectivity index (χ0) is 17.1. The molecular weight excluding hydrogens is 290 g/mol. The molecule has 2 N–H and O–H groups in total. The molecule has 0 saturated heterocycles. The first-order valence-corrected chi connectivity index (χ1v) is 6.98. The van der Waals surface area contributed by atoms with E-state index in [0.717, 1.165) is 18.2 Å². The minimum absolute atomic E-state index is 0.0398. The molecule has 0 radical (unpaired) electrons. The fourth-order valence-electron chi connectivity index (χ4n) is 2.51. The first kappa shape index (κ1) is 18.1. The van der Waals surface area contributed by atoms with E-state index in [2.05, 4.69) is 10.6 Å². The van der Waals surface area contributed by atoms with Crippen LogP contribution in [0.25, 0.3) is 0 Å². The van der Waals surface area contributed by atoms with Gasteiger partial charge in [0.1, 0.15) is 11.6 Å². The summed E-state index contributed by atoms with van der Waals surface area (Å²) in [5.74, 6) is -3.44. The van der Waals surface area contributed by atoms with Crippen LogP contribution in [0.4, 0.5) is 14.5 Å². The summed E-state index contributed by atoms with van der Waals surface area (Å²) in [5, 5.41) is 4.67. The number of benzene rings is 1. The number of nitrogens with one attached hydrogen (secondary N) is 2. The molecular formula is C16H22F2N2O2. The van der Waals surface area contributed by atoms with Crippen molar-refractivity contribution >= 4 is 17.5 Å². The second-order valence-electron chi connectivity index (χ2n) is 7.15. The number of carbonyl (C=O) groups excluding carboxylic acids is 2. The molecule has 2 amide bonds. The van der Waals surface area contributed by atoms with Gasteiger partial charge in [-0.05, 0) is 37.8 Å². The van der Waals surface area contributed by atoms with E-state index in [9.17, 15) is 18.4 Å². The highest BCUT2D eigenvalue weighted by atomic mass is 19.1. The highest BCUT2D eigenvalue weighted by molar-refractivity contribution is 6.39. The van der Waals surface area contributed by atoms with Crippen LogP contribution in [0.1, 0.15) is 41.0 Å². The summed E-state index contributed by atoms with van der Waals surface area (Å²) >= 11 is 0. The Morgan fingerprint density at radius 1 is 1.05 bits per heavy atom. The van der Waals surface area contributed by atoms with E-state index >= 15 is 0 Å². The molecule has 4 nitrogen and oxygen atoms in total. The SMILES string of the molecule is CC(C)(C)CC(C)(C)NC(=O)C(=O)Nc1cc(F)ccc1F. The van der Waals surface area contributed by atoms with E-state index in [4.69, 9.17) is 0 Å². The molecule has 1 aromatic carbocycles. The maximum absolute atomic E-state index is 13.4. The lowest BCUT2D eigenvalue weighted by atomic mass is 9.82. The van der Waals surface area contributed by atoms with Gasteiger partial charge in [-0.2, -0.15) is 0 Å². The summed E-state index contributed by atoms with van der Waals surface area (Å²) in [7, 11) is 0. The van der Waals surface area contributed by atoms with Gasteiger partial charge in [-0.3, -0.25) is 9.59 Å². The molecule has 0 spiro atoms. The predicted molar refractivity (Wildman–Crippen MR) is 81.3 cm³/mol. The topological polar surface area (TPSA) is 58.2 Å². The molecule has 0 aliphatic carbocycles. The van der Waals surface area contributed by atoms with Crippen molar-refractivity contribution in [1.29, 1.82) is 0 Å². The first-order chi connectivity index (χ1) is 9.89. The van der Waals surface area contributed by atoms with Gasteiger partial charge in [-0.15, -0.1) is 0 Å². The Kier molecular flexibility index (Phi) is 5.27. The van der Waals surface area contributed by atoms with Crippen molar-refractivity contribution in [1.82, 2.24) is 5.32 Å². The molecule has 22 heavy (non-hydrogen) atoms. The van der Waals surface area contributed by atoms with Gasteiger partial charge in [0.05, 0.1) is 5.69 Å². The highest BCUT2D eigenvalue weighted by Crippen LogP contribution is 2.26. The van der Waals surface area contributed by atoms with Crippen molar-refractivity contribution in [2.75, 3.05) is 5.32 Å². The third kappa shape index (κ3) is 5.79. The van der Waals surface area contributed by atoms with E-state index in [-0.39, 0.29) is 11.1 Å². The predicted octanol–water partition coefficient (Wildman–Crippen LogP) is 3.23. The second kappa shape index (κ2) is 6.42. The largest absolute Gasteiger partial charge is 0.343 e. The van der Waals surface area contributed by atoms with Gasteiger partial charge in [0.15, 0.2) is 0 Å². The monoisotopic (exact) mass is 312 g/mol. The standard InChI is InChI=1S/C16H22F2N2O2/c1-15(2,3)9-16(4,5)20-14(22)13(21)19-12-8-10(17)6-7-11(12)18/h6-8H,9H2,1-5H3,(H,19,21)(H,20,22). The van der Waals surface area contributed by atoms with Crippen LogP contribution in [-0.4, -0.2) is 17.4 Å². The number of halogens is 2. The summed E-state index contributed by atoms with van der Waals surface area (Å²) in [4.78, 5) is 23.7. The Hall–Kier alpha value is -1.98. The molecule has 0 aromatic heterocycles. The summed E-state index contributed by atoms with van der Waals surface area (Å²) in [6.45, 7) is 9.65. The quantitative estimate of drug-likeness (QED) is 0.842. The van der Waals surface area contributed by atoms with E-state index in [1.165, 1.54) is 0 Å². The Morgan fingerprint density at radius 3 is 2.18 bits per heavy atom. The highest BCUT2D eigenvalue weighted by Gasteiger charge is 2.29. The minimum atomic E-state index is -1.04. The van der Waals surface area contributed by atoms with E-state index in [1.807, 2.05) is 20.8 Å². The molecule has 122 valence electrons. The van der Waals surface area contributed by atoms with Crippen LogP contribution in [0.2, 0.25) is 0 Å². The van der Waals surface area contributed by atoms with Crippen LogP contribution in [0, 0.1) is 17.0 Å². The third-order valence-electron chi connectivity index (χ3n) is 2.81. The number of amides is 2. The van der Waals surface area contributed by atoms with E-state index < -0.39 is 29.0 Å². The number of hydrogen-bond acceptors (Lipinski definition) is 2. The number of hydrogen-bond donors (Lipinski definition) is 2. The van der Waals surface area contributed by atoms with Gasteiger partial charge in [0.25, 0.3) is 0 Å². The lowest BCUT2D eigenvalue weighted by Crippen LogP contribution is -2.49. The van der Waals surface area contributed by atoms with Crippen molar-refractivity contribution in [3.8, 4) is 0 Å². The van der Waals surface area contributed by atoms with Crippen LogP contribution in [-0.2, 0) is 9.59 Å². The Bertz CT molecular complexity index is 578. The van der Waals surface area contributed by atoms with Gasteiger partial charge in [0, 0.05) is 11.6 Å². The maximum Gasteiger partial charge on any atom is 0.313 e. The molecule has 0 atom stereocenters. The van der Waals surface area contributed by atoms with Gasteiger partial charge < -0.3 is 10.6 Å². The van der Waals surface area contributed by atoms with Crippen LogP contribution in [0.3, 0.4) is 0 Å². The maximum atomic E-state index is 13.4. The van der Waals surface area contributed by atoms with Crippen molar-refractivity contribution in [2.45, 2.75) is 46.6 Å². The second-order valence-corrected chi connectivity index (χ2v) is 7.15. The number of rotatable bonds is 3. The lowest BCUT2D eigenvalue weighted by molar-refractivity contribution is -0.137. The van der Waals surface area contributed by atoms with Gasteiger partial charge in [-0.1, -0.05) is 20.8 Å². The van der Waals surface area contributed by atoms with E-state index in [1.54, 1.807) is 13.8 Å². The van der Waals surface area contributed by atoms with Crippen molar-refractivity contribution in [2.24, 2.45) is 5.41 Å². The summed E-state index contributed by atoms with van der Waals surface area (Å²) in [6.07, 6.45) is 0.646. The number of carbonyl (C=O) groups is 2. The van der Waals surface area contributed by atoms with Crippen LogP contribution in [0.15, 0.2) is 18.2 Å². The molecule has 1 aromatic rings.